The fourth-order valence-corrected chi connectivity index (χ4v) is 2.59. The number of benzene rings is 2. The molecule has 2 aromatic rings. The molecule has 2 aromatic carbocycles. The van der Waals surface area contributed by atoms with E-state index in [0.29, 0.717) is 22.7 Å². The van der Waals surface area contributed by atoms with Gasteiger partial charge in [-0.25, -0.2) is 4.79 Å². The van der Waals surface area contributed by atoms with Crippen LogP contribution in [0.1, 0.15) is 12.5 Å². The highest BCUT2D eigenvalue weighted by Gasteiger charge is 2.31. The fraction of sp³-hybridized carbons (Fsp3) is 0.211. The molecule has 0 saturated heterocycles. The van der Waals surface area contributed by atoms with Gasteiger partial charge in [0, 0.05) is 5.69 Å². The maximum Gasteiger partial charge on any atom is 0.351 e. The zero-order valence-corrected chi connectivity index (χ0v) is 15.0. The Morgan fingerprint density at radius 2 is 2.04 bits per heavy atom. The Labute approximate surface area is 160 Å². The summed E-state index contributed by atoms with van der Waals surface area (Å²) in [6.45, 7) is 1.44. The van der Waals surface area contributed by atoms with Crippen molar-refractivity contribution in [3.8, 4) is 17.6 Å². The number of nitriles is 1. The lowest BCUT2D eigenvalue weighted by Crippen LogP contribution is -2.41. The van der Waals surface area contributed by atoms with Crippen molar-refractivity contribution in [2.24, 2.45) is 0 Å². The summed E-state index contributed by atoms with van der Waals surface area (Å²) in [5.74, 6) is -0.258. The Hall–Kier alpha value is -3.24. The second kappa shape index (κ2) is 7.98. The average molecular weight is 387 g/mol. The molecule has 0 unspecified atom stereocenters. The zero-order valence-electron chi connectivity index (χ0n) is 14.3. The second-order valence-corrected chi connectivity index (χ2v) is 6.15. The standard InChI is InChI=1S/C19H15ClN2O5/c1-11(18(23)22-13-7-6-12(9-21)14(20)8-13)26-19(24)17-10-25-15-4-2-3-5-16(15)27-17/h2-8,11,17H,10H2,1H3,(H,22,23)/t11-,17+/m0/s1. The number of nitrogens with one attached hydrogen (secondary N) is 1. The van der Waals surface area contributed by atoms with E-state index in [9.17, 15) is 9.59 Å². The molecular weight excluding hydrogens is 372 g/mol. The molecule has 8 heteroatoms. The Balaban J connectivity index is 1.57. The highest BCUT2D eigenvalue weighted by molar-refractivity contribution is 6.32. The summed E-state index contributed by atoms with van der Waals surface area (Å²) in [6, 6.07) is 13.4. The fourth-order valence-electron chi connectivity index (χ4n) is 2.37. The smallest absolute Gasteiger partial charge is 0.351 e. The van der Waals surface area contributed by atoms with Crippen LogP contribution in [0.3, 0.4) is 0 Å². The number of carbonyl (C=O) groups excluding carboxylic acids is 2. The molecule has 0 spiro atoms. The normalized spacial score (nSPS) is 16.0. The van der Waals surface area contributed by atoms with Gasteiger partial charge in [0.2, 0.25) is 6.10 Å². The van der Waals surface area contributed by atoms with Crippen molar-refractivity contribution in [1.82, 2.24) is 0 Å². The number of hydrogen-bond acceptors (Lipinski definition) is 6. The monoisotopic (exact) mass is 386 g/mol. The van der Waals surface area contributed by atoms with Gasteiger partial charge >= 0.3 is 5.97 Å². The summed E-state index contributed by atoms with van der Waals surface area (Å²) in [6.07, 6.45) is -2.02. The highest BCUT2D eigenvalue weighted by Crippen LogP contribution is 2.31. The van der Waals surface area contributed by atoms with Crippen molar-refractivity contribution in [2.45, 2.75) is 19.1 Å². The first kappa shape index (κ1) is 18.5. The molecule has 0 radical (unpaired) electrons. The van der Waals surface area contributed by atoms with Crippen LogP contribution in [-0.2, 0) is 14.3 Å². The van der Waals surface area contributed by atoms with Crippen molar-refractivity contribution in [1.29, 1.82) is 5.26 Å². The quantitative estimate of drug-likeness (QED) is 0.811. The number of hydrogen-bond donors (Lipinski definition) is 1. The Bertz CT molecular complexity index is 925. The van der Waals surface area contributed by atoms with Gasteiger partial charge in [-0.15, -0.1) is 0 Å². The van der Waals surface area contributed by atoms with E-state index in [-0.39, 0.29) is 11.6 Å². The van der Waals surface area contributed by atoms with Crippen molar-refractivity contribution in [3.05, 3.63) is 53.1 Å². The van der Waals surface area contributed by atoms with Gasteiger partial charge in [-0.05, 0) is 37.3 Å². The molecule has 0 fully saturated rings. The summed E-state index contributed by atoms with van der Waals surface area (Å²) < 4.78 is 16.2. The lowest BCUT2D eigenvalue weighted by atomic mass is 10.2. The summed E-state index contributed by atoms with van der Waals surface area (Å²) in [5.41, 5.74) is 0.682. The van der Waals surface area contributed by atoms with Gasteiger partial charge in [-0.2, -0.15) is 5.26 Å². The van der Waals surface area contributed by atoms with Crippen LogP contribution < -0.4 is 14.8 Å². The molecule has 2 atom stereocenters. The van der Waals surface area contributed by atoms with Gasteiger partial charge in [-0.3, -0.25) is 4.79 Å². The predicted molar refractivity (Wildman–Crippen MR) is 96.7 cm³/mol. The van der Waals surface area contributed by atoms with Gasteiger partial charge in [0.05, 0.1) is 10.6 Å². The number of fused-ring (bicyclic) bond motifs is 1. The minimum atomic E-state index is -1.06. The van der Waals surface area contributed by atoms with Gasteiger partial charge < -0.3 is 19.5 Å². The molecule has 27 heavy (non-hydrogen) atoms. The molecule has 138 valence electrons. The van der Waals surface area contributed by atoms with Crippen LogP contribution in [0.2, 0.25) is 5.02 Å². The Kier molecular flexibility index (Phi) is 5.48. The summed E-state index contributed by atoms with van der Waals surface area (Å²) in [5, 5.41) is 11.7. The molecule has 3 rings (SSSR count). The predicted octanol–water partition coefficient (Wildman–Crippen LogP) is 2.92. The molecule has 1 heterocycles. The largest absolute Gasteiger partial charge is 0.485 e. The van der Waals surface area contributed by atoms with Crippen molar-refractivity contribution in [2.75, 3.05) is 11.9 Å². The third-order valence-corrected chi connectivity index (χ3v) is 4.10. The van der Waals surface area contributed by atoms with Crippen LogP contribution in [0, 0.1) is 11.3 Å². The molecular formula is C19H15ClN2O5. The minimum Gasteiger partial charge on any atom is -0.485 e. The number of esters is 1. The molecule has 1 aliphatic heterocycles. The first-order valence-corrected chi connectivity index (χ1v) is 8.45. The number of halogens is 1. The molecule has 0 saturated carbocycles. The van der Waals surface area contributed by atoms with E-state index in [1.165, 1.54) is 25.1 Å². The zero-order chi connectivity index (χ0) is 19.4. The lowest BCUT2D eigenvalue weighted by molar-refractivity contribution is -0.162. The molecule has 7 nitrogen and oxygen atoms in total. The molecule has 0 aliphatic carbocycles. The van der Waals surface area contributed by atoms with E-state index in [0.717, 1.165) is 0 Å². The van der Waals surface area contributed by atoms with Gasteiger partial charge in [0.25, 0.3) is 5.91 Å². The Morgan fingerprint density at radius 3 is 2.74 bits per heavy atom. The van der Waals surface area contributed by atoms with E-state index in [4.69, 9.17) is 31.1 Å². The van der Waals surface area contributed by atoms with Gasteiger partial charge in [-0.1, -0.05) is 23.7 Å². The number of amides is 1. The number of anilines is 1. The number of para-hydroxylation sites is 2. The maximum atomic E-state index is 12.2. The van der Waals surface area contributed by atoms with Gasteiger partial charge in [0.1, 0.15) is 12.7 Å². The van der Waals surface area contributed by atoms with Crippen LogP contribution in [0.4, 0.5) is 5.69 Å². The molecule has 1 N–H and O–H groups in total. The van der Waals surface area contributed by atoms with Crippen LogP contribution >= 0.6 is 11.6 Å². The summed E-state index contributed by atoms with van der Waals surface area (Å²) in [4.78, 5) is 24.5. The van der Waals surface area contributed by atoms with Crippen LogP contribution in [-0.4, -0.2) is 30.7 Å². The highest BCUT2D eigenvalue weighted by atomic mass is 35.5. The molecule has 0 aromatic heterocycles. The third-order valence-electron chi connectivity index (χ3n) is 3.79. The molecule has 1 aliphatic rings. The van der Waals surface area contributed by atoms with Gasteiger partial charge in [0.15, 0.2) is 17.6 Å². The van der Waals surface area contributed by atoms with Crippen LogP contribution in [0.5, 0.6) is 11.5 Å². The molecule has 0 bridgehead atoms. The van der Waals surface area contributed by atoms with E-state index in [1.807, 2.05) is 6.07 Å². The number of rotatable bonds is 4. The van der Waals surface area contributed by atoms with Crippen molar-refractivity contribution >= 4 is 29.2 Å². The average Bonchev–Trinajstić information content (AvgIpc) is 2.67. The van der Waals surface area contributed by atoms with E-state index >= 15 is 0 Å². The Morgan fingerprint density at radius 1 is 1.30 bits per heavy atom. The third kappa shape index (κ3) is 4.30. The maximum absolute atomic E-state index is 12.2. The minimum absolute atomic E-state index is 0.00455. The van der Waals surface area contributed by atoms with E-state index in [1.54, 1.807) is 24.3 Å². The molecule has 1 amide bonds. The van der Waals surface area contributed by atoms with Crippen LogP contribution in [0.15, 0.2) is 42.5 Å². The number of carbonyl (C=O) groups is 2. The second-order valence-electron chi connectivity index (χ2n) is 5.74. The number of ether oxygens (including phenoxy) is 3. The van der Waals surface area contributed by atoms with Crippen LogP contribution in [0.25, 0.3) is 0 Å². The lowest BCUT2D eigenvalue weighted by Gasteiger charge is -2.25. The van der Waals surface area contributed by atoms with Crippen molar-refractivity contribution < 1.29 is 23.8 Å². The van der Waals surface area contributed by atoms with Crippen molar-refractivity contribution in [3.63, 3.8) is 0 Å². The first-order chi connectivity index (χ1) is 13.0. The summed E-state index contributed by atoms with van der Waals surface area (Å²) in [7, 11) is 0. The topological polar surface area (TPSA) is 97.7 Å². The summed E-state index contributed by atoms with van der Waals surface area (Å²) >= 11 is 5.93. The van der Waals surface area contributed by atoms with E-state index < -0.39 is 24.1 Å². The van der Waals surface area contributed by atoms with E-state index in [2.05, 4.69) is 5.32 Å². The first-order valence-electron chi connectivity index (χ1n) is 8.07. The number of nitrogens with zero attached hydrogens (tertiary/aromatic N) is 1. The SMILES string of the molecule is C[C@H](OC(=O)[C@H]1COc2ccccc2O1)C(=O)Nc1ccc(C#N)c(Cl)c1.